The lowest BCUT2D eigenvalue weighted by molar-refractivity contribution is -0.115. The highest BCUT2D eigenvalue weighted by Crippen LogP contribution is 2.28. The van der Waals surface area contributed by atoms with Gasteiger partial charge in [0, 0.05) is 18.2 Å². The van der Waals surface area contributed by atoms with Crippen molar-refractivity contribution in [2.24, 2.45) is 5.73 Å². The fourth-order valence-electron chi connectivity index (χ4n) is 3.23. The summed E-state index contributed by atoms with van der Waals surface area (Å²) in [5.41, 5.74) is 5.81. The molecule has 31 heavy (non-hydrogen) atoms. The quantitative estimate of drug-likeness (QED) is 0.597. The van der Waals surface area contributed by atoms with E-state index in [1.807, 2.05) is 0 Å². The molecule has 2 aromatic rings. The zero-order valence-electron chi connectivity index (χ0n) is 17.0. The van der Waals surface area contributed by atoms with E-state index >= 15 is 0 Å². The Morgan fingerprint density at radius 3 is 2.48 bits per heavy atom. The predicted octanol–water partition coefficient (Wildman–Crippen LogP) is 1.91. The van der Waals surface area contributed by atoms with Crippen molar-refractivity contribution < 1.29 is 27.4 Å². The second-order valence-corrected chi connectivity index (χ2v) is 6.85. The van der Waals surface area contributed by atoms with E-state index in [2.05, 4.69) is 27.6 Å². The fraction of sp³-hybridized carbons (Fsp3) is 0.400. The fourth-order valence-corrected chi connectivity index (χ4v) is 3.23. The van der Waals surface area contributed by atoms with Gasteiger partial charge >= 0.3 is 6.18 Å². The Hall–Kier alpha value is -3.39. The number of ether oxygens (including phenoxy) is 2. The maximum atomic E-state index is 12.8. The Balaban J connectivity index is 2.06. The maximum Gasteiger partial charge on any atom is 0.405 e. The van der Waals surface area contributed by atoms with Crippen LogP contribution in [0.5, 0.6) is 11.5 Å². The van der Waals surface area contributed by atoms with Gasteiger partial charge in [0.25, 0.3) is 5.91 Å². The van der Waals surface area contributed by atoms with Crippen LogP contribution in [0, 0.1) is 11.8 Å². The van der Waals surface area contributed by atoms with Gasteiger partial charge in [-0.3, -0.25) is 4.79 Å². The molecular formula is C20H22F3N5O3. The third-order valence-corrected chi connectivity index (χ3v) is 4.67. The highest BCUT2D eigenvalue weighted by atomic mass is 19.4. The maximum absolute atomic E-state index is 12.8. The molecule has 1 amide bonds. The molecule has 2 heterocycles. The third kappa shape index (κ3) is 5.40. The molecule has 8 nitrogen and oxygen atoms in total. The van der Waals surface area contributed by atoms with Crippen LogP contribution in [0.3, 0.4) is 0 Å². The lowest BCUT2D eigenvalue weighted by atomic mass is 10.1. The summed E-state index contributed by atoms with van der Waals surface area (Å²) < 4.78 is 50.3. The lowest BCUT2D eigenvalue weighted by Crippen LogP contribution is -2.26. The van der Waals surface area contributed by atoms with Crippen molar-refractivity contribution in [3.63, 3.8) is 0 Å². The summed E-state index contributed by atoms with van der Waals surface area (Å²) >= 11 is 0. The van der Waals surface area contributed by atoms with E-state index < -0.39 is 18.6 Å². The number of amides is 1. The SMILES string of the molecule is COc1cc(C#Cc2nn([C@H]3CCNC3)c(NCC(F)(F)F)c2C(N)=O)cc(OC)c1. The highest BCUT2D eigenvalue weighted by molar-refractivity contribution is 6.00. The van der Waals surface area contributed by atoms with Gasteiger partial charge < -0.3 is 25.8 Å². The first-order valence-electron chi connectivity index (χ1n) is 9.40. The number of hydrogen-bond acceptors (Lipinski definition) is 6. The van der Waals surface area contributed by atoms with Crippen molar-refractivity contribution in [3.8, 4) is 23.3 Å². The number of hydrogen-bond donors (Lipinski definition) is 3. The van der Waals surface area contributed by atoms with Gasteiger partial charge in [-0.15, -0.1) is 0 Å². The second kappa shape index (κ2) is 9.18. The van der Waals surface area contributed by atoms with Crippen LogP contribution < -0.4 is 25.8 Å². The molecule has 0 saturated carbocycles. The number of benzene rings is 1. The smallest absolute Gasteiger partial charge is 0.405 e. The van der Waals surface area contributed by atoms with E-state index in [-0.39, 0.29) is 23.1 Å². The largest absolute Gasteiger partial charge is 0.497 e. The number of anilines is 1. The summed E-state index contributed by atoms with van der Waals surface area (Å²) in [7, 11) is 2.99. The Morgan fingerprint density at radius 1 is 1.29 bits per heavy atom. The van der Waals surface area contributed by atoms with Crippen molar-refractivity contribution in [2.45, 2.75) is 18.6 Å². The number of nitrogens with two attached hydrogens (primary N) is 1. The number of nitrogens with zero attached hydrogens (tertiary/aromatic N) is 2. The summed E-state index contributed by atoms with van der Waals surface area (Å²) in [6, 6.07) is 4.74. The Morgan fingerprint density at radius 2 is 1.97 bits per heavy atom. The molecule has 3 rings (SSSR count). The number of alkyl halides is 3. The number of aromatic nitrogens is 2. The normalized spacial score (nSPS) is 15.8. The number of halogens is 3. The van der Waals surface area contributed by atoms with Gasteiger partial charge in [0.2, 0.25) is 0 Å². The van der Waals surface area contributed by atoms with Crippen LogP contribution in [0.4, 0.5) is 19.0 Å². The van der Waals surface area contributed by atoms with Gasteiger partial charge in [-0.1, -0.05) is 5.92 Å². The molecule has 1 saturated heterocycles. The molecule has 0 unspecified atom stereocenters. The van der Waals surface area contributed by atoms with Gasteiger partial charge in [0.05, 0.1) is 20.3 Å². The van der Waals surface area contributed by atoms with E-state index in [9.17, 15) is 18.0 Å². The summed E-state index contributed by atoms with van der Waals surface area (Å²) in [4.78, 5) is 12.1. The molecule has 1 aliphatic heterocycles. The number of primary amides is 1. The van der Waals surface area contributed by atoms with Crippen molar-refractivity contribution in [1.82, 2.24) is 15.1 Å². The average Bonchev–Trinajstić information content (AvgIpc) is 3.37. The van der Waals surface area contributed by atoms with Crippen molar-refractivity contribution in [2.75, 3.05) is 39.2 Å². The van der Waals surface area contributed by atoms with Gasteiger partial charge in [-0.25, -0.2) is 4.68 Å². The van der Waals surface area contributed by atoms with Crippen LogP contribution in [0.1, 0.15) is 34.1 Å². The van der Waals surface area contributed by atoms with Crippen molar-refractivity contribution in [1.29, 1.82) is 0 Å². The van der Waals surface area contributed by atoms with Gasteiger partial charge in [0.15, 0.2) is 5.69 Å². The first-order chi connectivity index (χ1) is 14.7. The summed E-state index contributed by atoms with van der Waals surface area (Å²) in [5.74, 6) is 5.61. The average molecular weight is 437 g/mol. The number of nitrogens with one attached hydrogen (secondary N) is 2. The molecular weight excluding hydrogens is 415 g/mol. The van der Waals surface area contributed by atoms with Crippen LogP contribution in [0.15, 0.2) is 18.2 Å². The van der Waals surface area contributed by atoms with E-state index in [1.165, 1.54) is 18.9 Å². The third-order valence-electron chi connectivity index (χ3n) is 4.67. The van der Waals surface area contributed by atoms with Crippen LogP contribution in [0.25, 0.3) is 0 Å². The minimum absolute atomic E-state index is 0.00846. The molecule has 0 aliphatic carbocycles. The van der Waals surface area contributed by atoms with Crippen LogP contribution in [-0.4, -0.2) is 55.7 Å². The molecule has 0 bridgehead atoms. The summed E-state index contributed by atoms with van der Waals surface area (Å²) in [5, 5.41) is 9.72. The molecule has 1 fully saturated rings. The Labute approximate surface area is 176 Å². The molecule has 4 N–H and O–H groups in total. The van der Waals surface area contributed by atoms with Crippen LogP contribution in [0.2, 0.25) is 0 Å². The van der Waals surface area contributed by atoms with E-state index in [0.717, 1.165) is 0 Å². The van der Waals surface area contributed by atoms with Gasteiger partial charge in [-0.05, 0) is 31.0 Å². The number of rotatable bonds is 6. The molecule has 1 atom stereocenters. The molecule has 166 valence electrons. The zero-order chi connectivity index (χ0) is 22.6. The Kier molecular flexibility index (Phi) is 6.60. The molecule has 1 aromatic heterocycles. The molecule has 1 aliphatic rings. The van der Waals surface area contributed by atoms with Crippen molar-refractivity contribution >= 4 is 11.7 Å². The number of methoxy groups -OCH3 is 2. The minimum atomic E-state index is -4.49. The summed E-state index contributed by atoms with van der Waals surface area (Å²) in [6.45, 7) is -0.153. The first kappa shape index (κ1) is 22.3. The van der Waals surface area contributed by atoms with Gasteiger partial charge in [0.1, 0.15) is 29.4 Å². The zero-order valence-corrected chi connectivity index (χ0v) is 17.0. The summed E-state index contributed by atoms with van der Waals surface area (Å²) in [6.07, 6.45) is -3.85. The van der Waals surface area contributed by atoms with E-state index in [0.29, 0.717) is 36.6 Å². The molecule has 0 spiro atoms. The lowest BCUT2D eigenvalue weighted by Gasteiger charge is -2.16. The first-order valence-corrected chi connectivity index (χ1v) is 9.40. The van der Waals surface area contributed by atoms with E-state index in [4.69, 9.17) is 15.2 Å². The molecule has 1 aromatic carbocycles. The van der Waals surface area contributed by atoms with Crippen LogP contribution >= 0.6 is 0 Å². The predicted molar refractivity (Wildman–Crippen MR) is 107 cm³/mol. The van der Waals surface area contributed by atoms with Crippen molar-refractivity contribution in [3.05, 3.63) is 35.0 Å². The number of carbonyl (C=O) groups excluding carboxylic acids is 1. The van der Waals surface area contributed by atoms with Gasteiger partial charge in [-0.2, -0.15) is 18.3 Å². The highest BCUT2D eigenvalue weighted by Gasteiger charge is 2.32. The topological polar surface area (TPSA) is 103 Å². The minimum Gasteiger partial charge on any atom is -0.497 e. The molecule has 0 radical (unpaired) electrons. The second-order valence-electron chi connectivity index (χ2n) is 6.85. The van der Waals surface area contributed by atoms with E-state index in [1.54, 1.807) is 18.2 Å². The molecule has 11 heteroatoms. The monoisotopic (exact) mass is 437 g/mol. The number of carbonyl (C=O) groups is 1. The Bertz CT molecular complexity index is 995. The standard InChI is InChI=1S/C20H22F3N5O3/c1-30-14-7-12(8-15(9-14)31-2)3-4-16-17(18(24)29)19(26-11-20(21,22)23)28(27-16)13-5-6-25-10-13/h7-9,13,25-26H,5-6,10-11H2,1-2H3,(H2,24,29)/t13-/m0/s1. The van der Waals surface area contributed by atoms with Crippen LogP contribution in [-0.2, 0) is 0 Å².